The summed E-state index contributed by atoms with van der Waals surface area (Å²) in [6.07, 6.45) is -4.40. The van der Waals surface area contributed by atoms with E-state index in [2.05, 4.69) is 0 Å². The summed E-state index contributed by atoms with van der Waals surface area (Å²) >= 11 is 0. The summed E-state index contributed by atoms with van der Waals surface area (Å²) in [4.78, 5) is 15.3. The van der Waals surface area contributed by atoms with Crippen molar-refractivity contribution in [2.75, 3.05) is 20.6 Å². The molecule has 0 bridgehead atoms. The van der Waals surface area contributed by atoms with Gasteiger partial charge in [-0.3, -0.25) is 9.69 Å². The second-order valence-corrected chi connectivity index (χ2v) is 6.21. The highest BCUT2D eigenvalue weighted by Crippen LogP contribution is 2.29. The number of carbonyl (C=O) groups is 1. The van der Waals surface area contributed by atoms with E-state index in [4.69, 9.17) is 0 Å². The molecule has 0 spiro atoms. The summed E-state index contributed by atoms with van der Waals surface area (Å²) in [6.45, 7) is 0.341. The minimum absolute atomic E-state index is 0.0151. The fourth-order valence-corrected chi connectivity index (χ4v) is 2.54. The van der Waals surface area contributed by atoms with E-state index in [1.807, 2.05) is 0 Å². The molecule has 0 unspecified atom stereocenters. The maximum absolute atomic E-state index is 13.7. The van der Waals surface area contributed by atoms with E-state index in [1.165, 1.54) is 17.0 Å². The van der Waals surface area contributed by atoms with Crippen LogP contribution in [0.4, 0.5) is 17.6 Å². The van der Waals surface area contributed by atoms with Gasteiger partial charge in [0, 0.05) is 25.7 Å². The van der Waals surface area contributed by atoms with Gasteiger partial charge in [0.1, 0.15) is 5.82 Å². The summed E-state index contributed by atoms with van der Waals surface area (Å²) in [7, 11) is 3.21. The smallest absolute Gasteiger partial charge is 0.340 e. The fourth-order valence-electron chi connectivity index (χ4n) is 2.54. The van der Waals surface area contributed by atoms with Gasteiger partial charge in [-0.05, 0) is 24.7 Å². The Morgan fingerprint density at radius 1 is 1.00 bits per heavy atom. The van der Waals surface area contributed by atoms with Crippen molar-refractivity contribution in [1.82, 2.24) is 9.80 Å². The molecule has 0 aromatic heterocycles. The van der Waals surface area contributed by atoms with Gasteiger partial charge in [-0.1, -0.05) is 36.4 Å². The molecule has 1 amide bonds. The first-order valence-corrected chi connectivity index (χ1v) is 7.99. The fraction of sp³-hybridized carbons (Fsp3) is 0.316. The molecule has 140 valence electrons. The van der Waals surface area contributed by atoms with Crippen molar-refractivity contribution in [1.29, 1.82) is 0 Å². The van der Waals surface area contributed by atoms with E-state index in [-0.39, 0.29) is 31.4 Å². The van der Waals surface area contributed by atoms with Crippen LogP contribution in [0.15, 0.2) is 48.5 Å². The number of rotatable bonds is 6. The number of halogens is 4. The van der Waals surface area contributed by atoms with Crippen molar-refractivity contribution in [3.8, 4) is 0 Å². The molecule has 2 rings (SSSR count). The number of likely N-dealkylation sites (N-methyl/N-ethyl adjacent to an activating group) is 2. The maximum atomic E-state index is 13.7. The Hall–Kier alpha value is -2.41. The minimum Gasteiger partial charge on any atom is -0.340 e. The highest BCUT2D eigenvalue weighted by molar-refractivity contribution is 5.77. The van der Waals surface area contributed by atoms with Crippen LogP contribution in [-0.4, -0.2) is 36.3 Å². The zero-order chi connectivity index (χ0) is 19.3. The number of amides is 1. The molecular weight excluding hydrogens is 348 g/mol. The SMILES string of the molecule is CN(CC(=O)N(C)Cc1ccccc1F)Cc1cccc(C(F)(F)F)c1. The van der Waals surface area contributed by atoms with Gasteiger partial charge in [0.2, 0.25) is 5.91 Å². The first kappa shape index (κ1) is 19.9. The molecule has 26 heavy (non-hydrogen) atoms. The van der Waals surface area contributed by atoms with E-state index in [0.717, 1.165) is 12.1 Å². The summed E-state index contributed by atoms with van der Waals surface area (Å²) in [5, 5.41) is 0. The molecule has 0 aliphatic heterocycles. The van der Waals surface area contributed by atoms with Crippen molar-refractivity contribution in [3.63, 3.8) is 0 Å². The Morgan fingerprint density at radius 3 is 2.35 bits per heavy atom. The molecule has 3 nitrogen and oxygen atoms in total. The topological polar surface area (TPSA) is 23.6 Å². The lowest BCUT2D eigenvalue weighted by atomic mass is 10.1. The quantitative estimate of drug-likeness (QED) is 0.722. The largest absolute Gasteiger partial charge is 0.416 e. The zero-order valence-corrected chi connectivity index (χ0v) is 14.6. The van der Waals surface area contributed by atoms with Crippen LogP contribution in [-0.2, 0) is 24.1 Å². The highest BCUT2D eigenvalue weighted by Gasteiger charge is 2.30. The number of hydrogen-bond acceptors (Lipinski definition) is 2. The molecule has 7 heteroatoms. The molecular formula is C19H20F4N2O. The standard InChI is InChI=1S/C19H20F4N2O/c1-24(11-14-6-5-8-16(10-14)19(21,22)23)13-18(26)25(2)12-15-7-3-4-9-17(15)20/h3-10H,11-13H2,1-2H3. The average Bonchev–Trinajstić information content (AvgIpc) is 2.56. The monoisotopic (exact) mass is 368 g/mol. The molecule has 0 heterocycles. The highest BCUT2D eigenvalue weighted by atomic mass is 19.4. The molecule has 0 aliphatic rings. The normalized spacial score (nSPS) is 11.7. The van der Waals surface area contributed by atoms with Crippen LogP contribution in [0.2, 0.25) is 0 Å². The van der Waals surface area contributed by atoms with E-state index in [0.29, 0.717) is 11.1 Å². The molecule has 2 aromatic rings. The van der Waals surface area contributed by atoms with Gasteiger partial charge in [0.05, 0.1) is 12.1 Å². The van der Waals surface area contributed by atoms with Crippen molar-refractivity contribution >= 4 is 5.91 Å². The summed E-state index contributed by atoms with van der Waals surface area (Å²) in [5.74, 6) is -0.632. The van der Waals surface area contributed by atoms with Crippen LogP contribution in [0.1, 0.15) is 16.7 Å². The van der Waals surface area contributed by atoms with Crippen molar-refractivity contribution in [2.24, 2.45) is 0 Å². The van der Waals surface area contributed by atoms with Crippen LogP contribution >= 0.6 is 0 Å². The lowest BCUT2D eigenvalue weighted by Crippen LogP contribution is -2.36. The first-order valence-electron chi connectivity index (χ1n) is 7.99. The second kappa shape index (κ2) is 8.31. The lowest BCUT2D eigenvalue weighted by Gasteiger charge is -2.22. The summed E-state index contributed by atoms with van der Waals surface area (Å²) < 4.78 is 51.9. The number of benzene rings is 2. The average molecular weight is 368 g/mol. The molecule has 0 atom stereocenters. The van der Waals surface area contributed by atoms with Gasteiger partial charge in [-0.2, -0.15) is 13.2 Å². The third kappa shape index (κ3) is 5.56. The first-order chi connectivity index (χ1) is 12.2. The van der Waals surface area contributed by atoms with Gasteiger partial charge in [0.25, 0.3) is 0 Å². The number of nitrogens with zero attached hydrogens (tertiary/aromatic N) is 2. The summed E-state index contributed by atoms with van der Waals surface area (Å²) in [6, 6.07) is 11.2. The molecule has 0 aliphatic carbocycles. The Labute approximate surface area is 149 Å². The van der Waals surface area contributed by atoms with E-state index < -0.39 is 11.7 Å². The number of carbonyl (C=O) groups excluding carboxylic acids is 1. The Balaban J connectivity index is 1.94. The minimum atomic E-state index is -4.40. The summed E-state index contributed by atoms with van der Waals surface area (Å²) in [5.41, 5.74) is 0.155. The van der Waals surface area contributed by atoms with Crippen LogP contribution < -0.4 is 0 Å². The van der Waals surface area contributed by atoms with Crippen LogP contribution in [0.5, 0.6) is 0 Å². The van der Waals surface area contributed by atoms with E-state index >= 15 is 0 Å². The Morgan fingerprint density at radius 2 is 1.69 bits per heavy atom. The third-order valence-corrected chi connectivity index (χ3v) is 3.90. The van der Waals surface area contributed by atoms with Crippen LogP contribution in [0.25, 0.3) is 0 Å². The zero-order valence-electron chi connectivity index (χ0n) is 14.6. The lowest BCUT2D eigenvalue weighted by molar-refractivity contribution is -0.137. The van der Waals surface area contributed by atoms with Crippen molar-refractivity contribution < 1.29 is 22.4 Å². The molecule has 0 fully saturated rings. The van der Waals surface area contributed by atoms with Gasteiger partial charge in [-0.15, -0.1) is 0 Å². The molecule has 0 N–H and O–H groups in total. The molecule has 0 saturated heterocycles. The number of hydrogen-bond donors (Lipinski definition) is 0. The van der Waals surface area contributed by atoms with Gasteiger partial charge >= 0.3 is 6.18 Å². The van der Waals surface area contributed by atoms with Gasteiger partial charge in [0.15, 0.2) is 0 Å². The number of alkyl halides is 3. The molecule has 0 radical (unpaired) electrons. The van der Waals surface area contributed by atoms with Crippen LogP contribution in [0.3, 0.4) is 0 Å². The predicted molar refractivity (Wildman–Crippen MR) is 90.7 cm³/mol. The van der Waals surface area contributed by atoms with Crippen molar-refractivity contribution in [3.05, 3.63) is 71.0 Å². The van der Waals surface area contributed by atoms with Gasteiger partial charge in [-0.25, -0.2) is 4.39 Å². The third-order valence-electron chi connectivity index (χ3n) is 3.90. The van der Waals surface area contributed by atoms with E-state index in [9.17, 15) is 22.4 Å². The second-order valence-electron chi connectivity index (χ2n) is 6.21. The molecule has 2 aromatic carbocycles. The molecule has 0 saturated carbocycles. The Kier molecular flexibility index (Phi) is 6.37. The maximum Gasteiger partial charge on any atom is 0.416 e. The van der Waals surface area contributed by atoms with E-state index in [1.54, 1.807) is 43.3 Å². The predicted octanol–water partition coefficient (Wildman–Crippen LogP) is 3.93. The van der Waals surface area contributed by atoms with Crippen LogP contribution in [0, 0.1) is 5.82 Å². The van der Waals surface area contributed by atoms with Gasteiger partial charge < -0.3 is 4.90 Å². The Bertz CT molecular complexity index is 761. The van der Waals surface area contributed by atoms with Crippen molar-refractivity contribution in [2.45, 2.75) is 19.3 Å².